The molecule has 0 saturated heterocycles. The molecule has 5 heteroatoms. The van der Waals surface area contributed by atoms with Gasteiger partial charge in [0.2, 0.25) is 0 Å². The molecule has 1 aromatic rings. The van der Waals surface area contributed by atoms with Gasteiger partial charge >= 0.3 is 0 Å². The van der Waals surface area contributed by atoms with Crippen molar-refractivity contribution in [1.29, 1.82) is 0 Å². The van der Waals surface area contributed by atoms with Gasteiger partial charge in [-0.1, -0.05) is 12.1 Å². The van der Waals surface area contributed by atoms with Crippen LogP contribution in [0.25, 0.3) is 0 Å². The Morgan fingerprint density at radius 1 is 1.22 bits per heavy atom. The topological polar surface area (TPSA) is 12.5 Å². The molecule has 0 spiro atoms. The Labute approximate surface area is 111 Å². The van der Waals surface area contributed by atoms with Crippen LogP contribution >= 0.6 is 11.6 Å². The van der Waals surface area contributed by atoms with E-state index in [1.165, 1.54) is 0 Å². The summed E-state index contributed by atoms with van der Waals surface area (Å²) >= 11 is 5.60. The molecule has 0 aliphatic rings. The Kier molecular flexibility index (Phi) is 6.98. The Bertz CT molecular complexity index is 332. The fourth-order valence-electron chi connectivity index (χ4n) is 1.69. The highest BCUT2D eigenvalue weighted by molar-refractivity contribution is 6.18. The van der Waals surface area contributed by atoms with Crippen molar-refractivity contribution in [2.75, 3.05) is 32.6 Å². The maximum atomic E-state index is 12.3. The smallest absolute Gasteiger partial charge is 0.251 e. The van der Waals surface area contributed by atoms with Gasteiger partial charge in [0.1, 0.15) is 5.75 Å². The van der Waals surface area contributed by atoms with Crippen molar-refractivity contribution in [2.45, 2.75) is 12.8 Å². The second-order valence-electron chi connectivity index (χ2n) is 3.98. The molecule has 0 aliphatic carbocycles. The number of alkyl halides is 3. The molecule has 0 radical (unpaired) electrons. The van der Waals surface area contributed by atoms with E-state index in [1.807, 2.05) is 24.3 Å². The average molecular weight is 278 g/mol. The standard InChI is InChI=1S/C13H18ClF2NO/c1-18-12-4-2-11(3-5-12)6-8-17(9-7-14)10-13(15)16/h2-5,13H,6-10H2,1H3. The molecule has 0 amide bonds. The molecule has 0 unspecified atom stereocenters. The quantitative estimate of drug-likeness (QED) is 0.677. The first-order valence-electron chi connectivity index (χ1n) is 5.85. The minimum atomic E-state index is -2.32. The fraction of sp³-hybridized carbons (Fsp3) is 0.538. The van der Waals surface area contributed by atoms with Gasteiger partial charge in [-0.05, 0) is 24.1 Å². The summed E-state index contributed by atoms with van der Waals surface area (Å²) in [6.07, 6.45) is -1.59. The lowest BCUT2D eigenvalue weighted by atomic mass is 10.1. The second-order valence-corrected chi connectivity index (χ2v) is 4.36. The first kappa shape index (κ1) is 15.2. The Hall–Kier alpha value is -0.870. The van der Waals surface area contributed by atoms with Crippen LogP contribution in [-0.2, 0) is 6.42 Å². The van der Waals surface area contributed by atoms with E-state index < -0.39 is 6.43 Å². The second kappa shape index (κ2) is 8.27. The fourth-order valence-corrected chi connectivity index (χ4v) is 1.93. The van der Waals surface area contributed by atoms with Crippen LogP contribution in [0.15, 0.2) is 24.3 Å². The minimum absolute atomic E-state index is 0.219. The average Bonchev–Trinajstić information content (AvgIpc) is 2.36. The van der Waals surface area contributed by atoms with E-state index >= 15 is 0 Å². The molecule has 0 aliphatic heterocycles. The van der Waals surface area contributed by atoms with Gasteiger partial charge in [0, 0.05) is 19.0 Å². The molecule has 0 bridgehead atoms. The van der Waals surface area contributed by atoms with Crippen molar-refractivity contribution in [3.63, 3.8) is 0 Å². The van der Waals surface area contributed by atoms with Gasteiger partial charge in [-0.15, -0.1) is 11.6 Å². The molecule has 18 heavy (non-hydrogen) atoms. The third kappa shape index (κ3) is 5.65. The van der Waals surface area contributed by atoms with E-state index in [1.54, 1.807) is 12.0 Å². The molecule has 102 valence electrons. The maximum absolute atomic E-state index is 12.3. The molecule has 0 heterocycles. The van der Waals surface area contributed by atoms with Crippen molar-refractivity contribution < 1.29 is 13.5 Å². The Balaban J connectivity index is 2.44. The SMILES string of the molecule is COc1ccc(CCN(CCCl)CC(F)F)cc1. The molecule has 0 fully saturated rings. The number of hydrogen-bond donors (Lipinski definition) is 0. The molecular weight excluding hydrogens is 260 g/mol. The Morgan fingerprint density at radius 3 is 2.39 bits per heavy atom. The summed E-state index contributed by atoms with van der Waals surface area (Å²) in [5.41, 5.74) is 1.10. The first-order valence-corrected chi connectivity index (χ1v) is 6.38. The summed E-state index contributed by atoms with van der Waals surface area (Å²) in [5.74, 6) is 1.17. The maximum Gasteiger partial charge on any atom is 0.251 e. The highest BCUT2D eigenvalue weighted by Gasteiger charge is 2.11. The molecule has 0 N–H and O–H groups in total. The van der Waals surface area contributed by atoms with E-state index in [-0.39, 0.29) is 6.54 Å². The van der Waals surface area contributed by atoms with Crippen LogP contribution < -0.4 is 4.74 Å². The molecule has 1 rings (SSSR count). The summed E-state index contributed by atoms with van der Waals surface area (Å²) < 4.78 is 29.7. The highest BCUT2D eigenvalue weighted by atomic mass is 35.5. The molecule has 0 saturated carbocycles. The minimum Gasteiger partial charge on any atom is -0.497 e. The van der Waals surface area contributed by atoms with Gasteiger partial charge in [-0.2, -0.15) is 0 Å². The lowest BCUT2D eigenvalue weighted by molar-refractivity contribution is 0.0917. The highest BCUT2D eigenvalue weighted by Crippen LogP contribution is 2.12. The largest absolute Gasteiger partial charge is 0.497 e. The normalized spacial score (nSPS) is 11.2. The van der Waals surface area contributed by atoms with Crippen molar-refractivity contribution in [1.82, 2.24) is 4.90 Å². The number of ether oxygens (including phenoxy) is 1. The van der Waals surface area contributed by atoms with Crippen LogP contribution in [-0.4, -0.2) is 43.9 Å². The van der Waals surface area contributed by atoms with E-state index in [0.717, 1.165) is 17.7 Å². The first-order chi connectivity index (χ1) is 8.65. The number of nitrogens with zero attached hydrogens (tertiary/aromatic N) is 1. The lowest BCUT2D eigenvalue weighted by Gasteiger charge is -2.20. The van der Waals surface area contributed by atoms with Gasteiger partial charge < -0.3 is 4.74 Å². The number of rotatable bonds is 8. The van der Waals surface area contributed by atoms with Crippen molar-refractivity contribution >= 4 is 11.6 Å². The van der Waals surface area contributed by atoms with E-state index in [9.17, 15) is 8.78 Å². The number of hydrogen-bond acceptors (Lipinski definition) is 2. The summed E-state index contributed by atoms with van der Waals surface area (Å²) in [5, 5.41) is 0. The van der Waals surface area contributed by atoms with Gasteiger partial charge in [0.05, 0.1) is 13.7 Å². The van der Waals surface area contributed by atoms with Crippen molar-refractivity contribution in [2.24, 2.45) is 0 Å². The zero-order valence-electron chi connectivity index (χ0n) is 10.4. The van der Waals surface area contributed by atoms with E-state index in [4.69, 9.17) is 16.3 Å². The Morgan fingerprint density at radius 2 is 1.89 bits per heavy atom. The van der Waals surface area contributed by atoms with E-state index in [0.29, 0.717) is 19.0 Å². The van der Waals surface area contributed by atoms with Gasteiger partial charge in [-0.25, -0.2) is 8.78 Å². The number of halogens is 3. The monoisotopic (exact) mass is 277 g/mol. The van der Waals surface area contributed by atoms with Crippen LogP contribution in [0.5, 0.6) is 5.75 Å². The van der Waals surface area contributed by atoms with E-state index in [2.05, 4.69) is 0 Å². The predicted molar refractivity (Wildman–Crippen MR) is 69.9 cm³/mol. The number of benzene rings is 1. The van der Waals surface area contributed by atoms with Gasteiger partial charge in [-0.3, -0.25) is 4.90 Å². The number of methoxy groups -OCH3 is 1. The zero-order chi connectivity index (χ0) is 13.4. The predicted octanol–water partition coefficient (Wildman–Crippen LogP) is 3.04. The zero-order valence-corrected chi connectivity index (χ0v) is 11.2. The summed E-state index contributed by atoms with van der Waals surface area (Å²) in [7, 11) is 1.61. The third-order valence-corrected chi connectivity index (χ3v) is 2.84. The van der Waals surface area contributed by atoms with Crippen LogP contribution in [0.2, 0.25) is 0 Å². The molecule has 1 aromatic carbocycles. The van der Waals surface area contributed by atoms with Crippen molar-refractivity contribution in [3.05, 3.63) is 29.8 Å². The molecule has 0 aromatic heterocycles. The third-order valence-electron chi connectivity index (χ3n) is 2.67. The van der Waals surface area contributed by atoms with Gasteiger partial charge in [0.25, 0.3) is 6.43 Å². The summed E-state index contributed by atoms with van der Waals surface area (Å²) in [6, 6.07) is 7.63. The van der Waals surface area contributed by atoms with Crippen LogP contribution in [0.4, 0.5) is 8.78 Å². The van der Waals surface area contributed by atoms with Crippen LogP contribution in [0.1, 0.15) is 5.56 Å². The molecule has 2 nitrogen and oxygen atoms in total. The molecule has 0 atom stereocenters. The van der Waals surface area contributed by atoms with Crippen LogP contribution in [0.3, 0.4) is 0 Å². The van der Waals surface area contributed by atoms with Gasteiger partial charge in [0.15, 0.2) is 0 Å². The molecular formula is C13H18ClF2NO. The van der Waals surface area contributed by atoms with Crippen molar-refractivity contribution in [3.8, 4) is 5.75 Å². The van der Waals surface area contributed by atoms with Crippen LogP contribution in [0, 0.1) is 0 Å². The summed E-state index contributed by atoms with van der Waals surface area (Å²) in [4.78, 5) is 1.68. The lowest BCUT2D eigenvalue weighted by Crippen LogP contribution is -2.32. The summed E-state index contributed by atoms with van der Waals surface area (Å²) in [6.45, 7) is 0.855.